The lowest BCUT2D eigenvalue weighted by atomic mass is 9.90. The molecule has 12 nitrogen and oxygen atoms in total. The lowest BCUT2D eigenvalue weighted by molar-refractivity contribution is -0.643. The molecular formula is C28H35Cl2N8O4S+. The molecule has 3 aromatic rings. The van der Waals surface area contributed by atoms with E-state index in [0.29, 0.717) is 54.4 Å². The maximum atomic E-state index is 12.1. The molecule has 1 amide bonds. The van der Waals surface area contributed by atoms with Gasteiger partial charge in [0, 0.05) is 36.8 Å². The molecule has 1 aromatic heterocycles. The van der Waals surface area contributed by atoms with Gasteiger partial charge in [-0.15, -0.1) is 4.68 Å². The number of hydrogen-bond donors (Lipinski definition) is 4. The van der Waals surface area contributed by atoms with Crippen LogP contribution in [-0.2, 0) is 20.3 Å². The van der Waals surface area contributed by atoms with E-state index < -0.39 is 15.5 Å². The average Bonchev–Trinajstić information content (AvgIpc) is 3.25. The largest absolute Gasteiger partial charge is 0.399 e. The number of aromatic amines is 1. The van der Waals surface area contributed by atoms with Crippen LogP contribution in [0, 0.1) is 11.3 Å². The first kappa shape index (κ1) is 33.8. The third-order valence-electron chi connectivity index (χ3n) is 6.40. The highest BCUT2D eigenvalue weighted by atomic mass is 35.5. The zero-order valence-electron chi connectivity index (χ0n) is 24.6. The van der Waals surface area contributed by atoms with Gasteiger partial charge in [-0.3, -0.25) is 9.35 Å². The standard InChI is InChI=1S/C28H34Cl2N8O4S/c1-6-37(11-7-8-12-43(40,41)42)19-9-10-23(24(15-19)33-17(2)39)34-35-27-20(16-31)26(28(3,4)5)36-38(27)25-21(29)13-18(32)14-22(25)30/h9-10,13-15H,6-8,11-12,32H2,1-5H3,(H2,33,35,36,39,40,41,42)/p+1. The summed E-state index contributed by atoms with van der Waals surface area (Å²) in [6, 6.07) is 10.5. The van der Waals surface area contributed by atoms with Crippen molar-refractivity contribution in [2.24, 2.45) is 10.2 Å². The first-order valence-corrected chi connectivity index (χ1v) is 15.8. The summed E-state index contributed by atoms with van der Waals surface area (Å²) < 4.78 is 32.6. The fourth-order valence-electron chi connectivity index (χ4n) is 4.40. The maximum absolute atomic E-state index is 12.1. The number of amides is 1. The molecule has 1 heterocycles. The predicted octanol–water partition coefficient (Wildman–Crippen LogP) is 6.22. The van der Waals surface area contributed by atoms with Crippen LogP contribution in [0.4, 0.5) is 28.6 Å². The van der Waals surface area contributed by atoms with E-state index in [0.717, 1.165) is 5.69 Å². The third kappa shape index (κ3) is 8.67. The van der Waals surface area contributed by atoms with Gasteiger partial charge in [0.1, 0.15) is 11.8 Å². The van der Waals surface area contributed by atoms with Gasteiger partial charge in [-0.1, -0.05) is 44.0 Å². The highest BCUT2D eigenvalue weighted by molar-refractivity contribution is 7.85. The van der Waals surface area contributed by atoms with E-state index in [1.165, 1.54) is 23.7 Å². The van der Waals surface area contributed by atoms with E-state index in [1.807, 2.05) is 32.6 Å². The van der Waals surface area contributed by atoms with Crippen molar-refractivity contribution in [3.05, 3.63) is 51.6 Å². The number of anilines is 3. The SMILES string of the molecule is CCN(CCCCS(=O)(=O)O)c1ccc(N=Nc2c(C#N)c(C(C)(C)C)[nH][n+]2-c2c(Cl)cc(N)cc2Cl)c(NC(C)=O)c1. The van der Waals surface area contributed by atoms with Crippen molar-refractivity contribution in [2.45, 2.75) is 52.9 Å². The molecule has 0 saturated carbocycles. The predicted molar refractivity (Wildman–Crippen MR) is 169 cm³/mol. The van der Waals surface area contributed by atoms with Crippen LogP contribution in [0.15, 0.2) is 40.6 Å². The maximum Gasteiger partial charge on any atom is 0.394 e. The number of halogens is 2. The number of carbonyl (C=O) groups excluding carboxylic acids is 1. The summed E-state index contributed by atoms with van der Waals surface area (Å²) in [5, 5.41) is 25.5. The van der Waals surface area contributed by atoms with E-state index in [-0.39, 0.29) is 33.1 Å². The van der Waals surface area contributed by atoms with Gasteiger partial charge in [-0.25, -0.2) is 5.10 Å². The fraction of sp³-hybridized carbons (Fsp3) is 0.393. The van der Waals surface area contributed by atoms with E-state index >= 15 is 0 Å². The lowest BCUT2D eigenvalue weighted by Crippen LogP contribution is -2.34. The number of rotatable bonds is 11. The minimum atomic E-state index is -4.02. The number of nitrogens with one attached hydrogen (secondary N) is 2. The smallest absolute Gasteiger partial charge is 0.394 e. The Labute approximate surface area is 261 Å². The summed E-state index contributed by atoms with van der Waals surface area (Å²) in [4.78, 5) is 14.1. The van der Waals surface area contributed by atoms with E-state index in [2.05, 4.69) is 26.7 Å². The van der Waals surface area contributed by atoms with Gasteiger partial charge in [0.15, 0.2) is 11.3 Å². The van der Waals surface area contributed by atoms with Crippen LogP contribution in [0.2, 0.25) is 10.0 Å². The van der Waals surface area contributed by atoms with Crippen LogP contribution in [0.5, 0.6) is 0 Å². The molecule has 2 aromatic carbocycles. The monoisotopic (exact) mass is 649 g/mol. The molecule has 0 aliphatic rings. The normalized spacial score (nSPS) is 12.0. The number of azo groups is 1. The van der Waals surface area contributed by atoms with Crippen LogP contribution in [0.25, 0.3) is 5.69 Å². The summed E-state index contributed by atoms with van der Waals surface area (Å²) in [6.45, 7) is 10.3. The zero-order chi connectivity index (χ0) is 32.1. The number of nitrogen functional groups attached to an aromatic ring is 1. The van der Waals surface area contributed by atoms with Crippen molar-refractivity contribution < 1.29 is 22.4 Å². The number of hydrogen-bond acceptors (Lipinski definition) is 8. The van der Waals surface area contributed by atoms with Gasteiger partial charge in [-0.05, 0) is 55.2 Å². The highest BCUT2D eigenvalue weighted by Gasteiger charge is 2.34. The molecule has 43 heavy (non-hydrogen) atoms. The number of nitriles is 1. The Bertz CT molecular complexity index is 1670. The second kappa shape index (κ2) is 13.7. The average molecular weight is 651 g/mol. The Hall–Kier alpha value is -3.70. The Morgan fingerprint density at radius 2 is 1.84 bits per heavy atom. The van der Waals surface area contributed by atoms with Crippen molar-refractivity contribution in [1.29, 1.82) is 5.26 Å². The number of H-pyrrole nitrogens is 1. The molecule has 3 rings (SSSR count). The van der Waals surface area contributed by atoms with Gasteiger partial charge in [0.25, 0.3) is 10.1 Å². The quantitative estimate of drug-likeness (QED) is 0.0625. The summed E-state index contributed by atoms with van der Waals surface area (Å²) in [5.74, 6) is -0.489. The van der Waals surface area contributed by atoms with Gasteiger partial charge >= 0.3 is 5.82 Å². The van der Waals surface area contributed by atoms with Gasteiger partial charge in [0.2, 0.25) is 5.91 Å². The van der Waals surface area contributed by atoms with E-state index in [1.54, 1.807) is 18.2 Å². The minimum absolute atomic E-state index is 0.146. The van der Waals surface area contributed by atoms with Crippen molar-refractivity contribution in [3.8, 4) is 11.8 Å². The highest BCUT2D eigenvalue weighted by Crippen LogP contribution is 2.36. The summed E-state index contributed by atoms with van der Waals surface area (Å²) in [7, 11) is -4.02. The second-order valence-corrected chi connectivity index (χ2v) is 13.3. The van der Waals surface area contributed by atoms with Crippen molar-refractivity contribution in [3.63, 3.8) is 0 Å². The molecule has 0 aliphatic carbocycles. The molecule has 0 spiro atoms. The topological polar surface area (TPSA) is 181 Å². The third-order valence-corrected chi connectivity index (χ3v) is 7.78. The molecule has 0 fully saturated rings. The molecule has 0 aliphatic heterocycles. The summed E-state index contributed by atoms with van der Waals surface area (Å²) in [5.41, 5.74) is 8.41. The first-order valence-electron chi connectivity index (χ1n) is 13.4. The number of nitrogens with zero attached hydrogens (tertiary/aromatic N) is 5. The molecule has 0 radical (unpaired) electrons. The minimum Gasteiger partial charge on any atom is -0.399 e. The molecule has 0 bridgehead atoms. The first-order chi connectivity index (χ1) is 20.1. The van der Waals surface area contributed by atoms with Gasteiger partial charge in [0.05, 0.1) is 32.3 Å². The molecule has 230 valence electrons. The number of nitrogens with two attached hydrogens (primary N) is 1. The molecule has 0 saturated heterocycles. The van der Waals surface area contributed by atoms with Crippen LogP contribution in [0.1, 0.15) is 58.7 Å². The number of unbranched alkanes of at least 4 members (excludes halogenated alkanes) is 1. The Balaban J connectivity index is 2.10. The van der Waals surface area contributed by atoms with Crippen LogP contribution >= 0.6 is 23.2 Å². The van der Waals surface area contributed by atoms with E-state index in [9.17, 15) is 18.5 Å². The van der Waals surface area contributed by atoms with Gasteiger partial charge in [-0.2, -0.15) is 13.7 Å². The fourth-order valence-corrected chi connectivity index (χ4v) is 5.65. The summed E-state index contributed by atoms with van der Waals surface area (Å²) >= 11 is 13.1. The lowest BCUT2D eigenvalue weighted by Gasteiger charge is -2.24. The van der Waals surface area contributed by atoms with Crippen molar-refractivity contribution in [1.82, 2.24) is 5.10 Å². The van der Waals surface area contributed by atoms with Crippen LogP contribution < -0.4 is 20.6 Å². The van der Waals surface area contributed by atoms with Gasteiger partial charge < -0.3 is 16.0 Å². The van der Waals surface area contributed by atoms with Crippen molar-refractivity contribution >= 4 is 67.8 Å². The summed E-state index contributed by atoms with van der Waals surface area (Å²) in [6.07, 6.45) is 0.831. The molecule has 5 N–H and O–H groups in total. The Morgan fingerprint density at radius 3 is 2.37 bits per heavy atom. The molecule has 15 heteroatoms. The zero-order valence-corrected chi connectivity index (χ0v) is 26.9. The Morgan fingerprint density at radius 1 is 1.19 bits per heavy atom. The van der Waals surface area contributed by atoms with Crippen molar-refractivity contribution in [2.75, 3.05) is 34.8 Å². The number of carbonyl (C=O) groups is 1. The molecule has 0 unspecified atom stereocenters. The number of aromatic nitrogens is 2. The second-order valence-electron chi connectivity index (χ2n) is 10.9. The number of benzene rings is 2. The Kier molecular flexibility index (Phi) is 10.8. The van der Waals surface area contributed by atoms with Crippen LogP contribution in [-0.4, -0.2) is 42.8 Å². The molecular weight excluding hydrogens is 615 g/mol. The molecule has 0 atom stereocenters. The van der Waals surface area contributed by atoms with Crippen LogP contribution in [0.3, 0.4) is 0 Å². The van der Waals surface area contributed by atoms with E-state index in [4.69, 9.17) is 33.5 Å².